The standard InChI is InChI=1S/C25H25BrN4O3/c1-15-7-5-10-19(11-15)12-30-13-21(26)24(28-30)27-25(31)22-20(18(4)33-29-22)14-32-23-16(2)8-6-9-17(23)3/h5-11,13H,12,14H2,1-4H3,(H,27,28,31). The minimum absolute atomic E-state index is 0.173. The molecule has 2 aromatic carbocycles. The van der Waals surface area contributed by atoms with E-state index in [-0.39, 0.29) is 12.3 Å². The predicted octanol–water partition coefficient (Wildman–Crippen LogP) is 5.75. The summed E-state index contributed by atoms with van der Waals surface area (Å²) in [6, 6.07) is 14.2. The number of para-hydroxylation sites is 1. The van der Waals surface area contributed by atoms with Crippen LogP contribution in [0.5, 0.6) is 5.75 Å². The van der Waals surface area contributed by atoms with Gasteiger partial charge in [0.15, 0.2) is 11.5 Å². The Balaban J connectivity index is 1.49. The highest BCUT2D eigenvalue weighted by Gasteiger charge is 2.22. The molecule has 0 aliphatic rings. The fourth-order valence-corrected chi connectivity index (χ4v) is 4.05. The zero-order chi connectivity index (χ0) is 23.5. The summed E-state index contributed by atoms with van der Waals surface area (Å²) in [5, 5.41) is 11.3. The lowest BCUT2D eigenvalue weighted by Crippen LogP contribution is -2.16. The van der Waals surface area contributed by atoms with E-state index < -0.39 is 5.91 Å². The minimum Gasteiger partial charge on any atom is -0.488 e. The van der Waals surface area contributed by atoms with Gasteiger partial charge in [-0.2, -0.15) is 5.10 Å². The van der Waals surface area contributed by atoms with Gasteiger partial charge in [-0.15, -0.1) is 0 Å². The Morgan fingerprint density at radius 3 is 2.58 bits per heavy atom. The van der Waals surface area contributed by atoms with Crippen LogP contribution >= 0.6 is 15.9 Å². The number of anilines is 1. The molecule has 2 aromatic heterocycles. The molecule has 0 aliphatic heterocycles. The molecule has 170 valence electrons. The lowest BCUT2D eigenvalue weighted by Gasteiger charge is -2.12. The van der Waals surface area contributed by atoms with Crippen LogP contribution in [0.2, 0.25) is 0 Å². The Morgan fingerprint density at radius 2 is 1.85 bits per heavy atom. The molecule has 1 N–H and O–H groups in total. The van der Waals surface area contributed by atoms with Gasteiger partial charge in [-0.25, -0.2) is 0 Å². The quantitative estimate of drug-likeness (QED) is 0.343. The number of aryl methyl sites for hydroxylation is 4. The van der Waals surface area contributed by atoms with E-state index in [9.17, 15) is 4.79 Å². The van der Waals surface area contributed by atoms with Crippen molar-refractivity contribution in [3.63, 3.8) is 0 Å². The van der Waals surface area contributed by atoms with Gasteiger partial charge < -0.3 is 14.6 Å². The molecule has 0 bridgehead atoms. The molecule has 0 saturated carbocycles. The summed E-state index contributed by atoms with van der Waals surface area (Å²) >= 11 is 3.48. The molecule has 33 heavy (non-hydrogen) atoms. The first-order valence-corrected chi connectivity index (χ1v) is 11.3. The Labute approximate surface area is 200 Å². The Bertz CT molecular complexity index is 1290. The number of benzene rings is 2. The molecule has 0 atom stereocenters. The number of nitrogens with zero attached hydrogens (tertiary/aromatic N) is 3. The second-order valence-electron chi connectivity index (χ2n) is 8.04. The molecule has 0 radical (unpaired) electrons. The van der Waals surface area contributed by atoms with Crippen LogP contribution < -0.4 is 10.1 Å². The van der Waals surface area contributed by atoms with Crippen LogP contribution in [0.1, 0.15) is 44.1 Å². The number of aromatic nitrogens is 3. The number of hydrogen-bond donors (Lipinski definition) is 1. The van der Waals surface area contributed by atoms with Crippen molar-refractivity contribution in [1.82, 2.24) is 14.9 Å². The fourth-order valence-electron chi connectivity index (χ4n) is 3.64. The van der Waals surface area contributed by atoms with E-state index >= 15 is 0 Å². The van der Waals surface area contributed by atoms with Crippen LogP contribution in [0.15, 0.2) is 57.7 Å². The van der Waals surface area contributed by atoms with Crippen molar-refractivity contribution in [3.05, 3.63) is 92.4 Å². The molecule has 1 amide bonds. The first-order chi connectivity index (χ1) is 15.8. The van der Waals surface area contributed by atoms with Gasteiger partial charge >= 0.3 is 0 Å². The largest absolute Gasteiger partial charge is 0.488 e. The molecule has 0 saturated heterocycles. The second-order valence-corrected chi connectivity index (χ2v) is 8.90. The summed E-state index contributed by atoms with van der Waals surface area (Å²) in [6.45, 7) is 8.55. The number of rotatable bonds is 7. The maximum absolute atomic E-state index is 13.0. The fraction of sp³-hybridized carbons (Fsp3) is 0.240. The molecule has 4 rings (SSSR count). The molecule has 8 heteroatoms. The van der Waals surface area contributed by atoms with Gasteiger partial charge in [0.25, 0.3) is 5.91 Å². The van der Waals surface area contributed by atoms with Crippen LogP contribution in [0, 0.1) is 27.7 Å². The molecule has 7 nitrogen and oxygen atoms in total. The second kappa shape index (κ2) is 9.62. The molecular formula is C25H25BrN4O3. The van der Waals surface area contributed by atoms with E-state index in [4.69, 9.17) is 9.26 Å². The zero-order valence-electron chi connectivity index (χ0n) is 19.0. The third kappa shape index (κ3) is 5.17. The van der Waals surface area contributed by atoms with E-state index in [1.807, 2.05) is 50.4 Å². The summed E-state index contributed by atoms with van der Waals surface area (Å²) in [4.78, 5) is 13.0. The zero-order valence-corrected chi connectivity index (χ0v) is 20.6. The number of halogens is 1. The Morgan fingerprint density at radius 1 is 1.12 bits per heavy atom. The lowest BCUT2D eigenvalue weighted by atomic mass is 10.1. The third-order valence-electron chi connectivity index (χ3n) is 5.35. The normalized spacial score (nSPS) is 10.9. The van der Waals surface area contributed by atoms with E-state index in [0.717, 1.165) is 22.4 Å². The number of ether oxygens (including phenoxy) is 1. The van der Waals surface area contributed by atoms with Gasteiger partial charge in [0.1, 0.15) is 18.1 Å². The molecule has 0 aliphatic carbocycles. The summed E-state index contributed by atoms with van der Waals surface area (Å²) in [5.41, 5.74) is 5.14. The first kappa shape index (κ1) is 22.8. The van der Waals surface area contributed by atoms with E-state index in [0.29, 0.717) is 28.2 Å². The van der Waals surface area contributed by atoms with Crippen LogP contribution in [0.3, 0.4) is 0 Å². The lowest BCUT2D eigenvalue weighted by molar-refractivity contribution is 0.101. The van der Waals surface area contributed by atoms with E-state index in [1.54, 1.807) is 11.6 Å². The van der Waals surface area contributed by atoms with Gasteiger partial charge in [0.05, 0.1) is 16.6 Å². The maximum atomic E-state index is 13.0. The van der Waals surface area contributed by atoms with Gasteiger partial charge in [-0.05, 0) is 60.3 Å². The first-order valence-electron chi connectivity index (χ1n) is 10.6. The SMILES string of the molecule is Cc1cccc(Cn2cc(Br)c(NC(=O)c3noc(C)c3COc3c(C)cccc3C)n2)c1. The van der Waals surface area contributed by atoms with Crippen molar-refractivity contribution >= 4 is 27.7 Å². The average molecular weight is 509 g/mol. The van der Waals surface area contributed by atoms with Crippen molar-refractivity contribution in [1.29, 1.82) is 0 Å². The third-order valence-corrected chi connectivity index (χ3v) is 5.93. The smallest absolute Gasteiger partial charge is 0.279 e. The van der Waals surface area contributed by atoms with E-state index in [2.05, 4.69) is 50.6 Å². The van der Waals surface area contributed by atoms with Gasteiger partial charge in [0, 0.05) is 6.20 Å². The van der Waals surface area contributed by atoms with Crippen LogP contribution in [0.25, 0.3) is 0 Å². The highest BCUT2D eigenvalue weighted by Crippen LogP contribution is 2.26. The molecule has 2 heterocycles. The van der Waals surface area contributed by atoms with Gasteiger partial charge in [-0.3, -0.25) is 9.48 Å². The molecular weight excluding hydrogens is 484 g/mol. The summed E-state index contributed by atoms with van der Waals surface area (Å²) in [5.74, 6) is 1.33. The highest BCUT2D eigenvalue weighted by atomic mass is 79.9. The van der Waals surface area contributed by atoms with E-state index in [1.165, 1.54) is 5.56 Å². The van der Waals surface area contributed by atoms with Crippen molar-refractivity contribution < 1.29 is 14.1 Å². The number of carbonyl (C=O) groups excluding carboxylic acids is 1. The molecule has 0 fully saturated rings. The molecule has 0 unspecified atom stereocenters. The van der Waals surface area contributed by atoms with Crippen molar-refractivity contribution in [2.45, 2.75) is 40.8 Å². The monoisotopic (exact) mass is 508 g/mol. The van der Waals surface area contributed by atoms with Crippen molar-refractivity contribution in [3.8, 4) is 5.75 Å². The Hall–Kier alpha value is -3.39. The van der Waals surface area contributed by atoms with Crippen molar-refractivity contribution in [2.75, 3.05) is 5.32 Å². The summed E-state index contributed by atoms with van der Waals surface area (Å²) in [6.07, 6.45) is 1.83. The molecule has 4 aromatic rings. The van der Waals surface area contributed by atoms with Crippen LogP contribution in [0.4, 0.5) is 5.82 Å². The number of hydrogen-bond acceptors (Lipinski definition) is 5. The average Bonchev–Trinajstić information content (AvgIpc) is 3.29. The van der Waals surface area contributed by atoms with Gasteiger partial charge in [-0.1, -0.05) is 53.2 Å². The molecule has 0 spiro atoms. The Kier molecular flexibility index (Phi) is 6.65. The number of amides is 1. The number of nitrogens with one attached hydrogen (secondary N) is 1. The topological polar surface area (TPSA) is 82.2 Å². The number of carbonyl (C=O) groups is 1. The summed E-state index contributed by atoms with van der Waals surface area (Å²) in [7, 11) is 0. The van der Waals surface area contributed by atoms with Crippen molar-refractivity contribution in [2.24, 2.45) is 0 Å². The maximum Gasteiger partial charge on any atom is 0.279 e. The van der Waals surface area contributed by atoms with Crippen LogP contribution in [-0.2, 0) is 13.2 Å². The highest BCUT2D eigenvalue weighted by molar-refractivity contribution is 9.10. The van der Waals surface area contributed by atoms with Gasteiger partial charge in [0.2, 0.25) is 0 Å². The minimum atomic E-state index is -0.409. The summed E-state index contributed by atoms with van der Waals surface area (Å²) < 4.78 is 13.8. The van der Waals surface area contributed by atoms with Crippen LogP contribution in [-0.4, -0.2) is 20.8 Å². The predicted molar refractivity (Wildman–Crippen MR) is 130 cm³/mol.